The van der Waals surface area contributed by atoms with Gasteiger partial charge in [0, 0.05) is 6.54 Å². The highest BCUT2D eigenvalue weighted by molar-refractivity contribution is 5.79. The molecule has 2 heterocycles. The van der Waals surface area contributed by atoms with Crippen LogP contribution >= 0.6 is 0 Å². The molecule has 1 aromatic carbocycles. The number of hydrogen-bond donors (Lipinski definition) is 2. The second-order valence-corrected chi connectivity index (χ2v) is 5.37. The predicted octanol–water partition coefficient (Wildman–Crippen LogP) is 1.99. The van der Waals surface area contributed by atoms with Crippen molar-refractivity contribution >= 4 is 11.0 Å². The summed E-state index contributed by atoms with van der Waals surface area (Å²) in [5, 5.41) is 3.23. The molecule has 4 rings (SSSR count). The maximum absolute atomic E-state index is 14.4. The maximum Gasteiger partial charge on any atom is 0.154 e. The summed E-state index contributed by atoms with van der Waals surface area (Å²) in [7, 11) is 0. The number of benzene rings is 1. The Morgan fingerprint density at radius 1 is 1.15 bits per heavy atom. The van der Waals surface area contributed by atoms with Gasteiger partial charge in [-0.2, -0.15) is 0 Å². The number of hydrogen-bond acceptors (Lipinski definition) is 3. The molecule has 2 aromatic rings. The van der Waals surface area contributed by atoms with E-state index in [1.807, 2.05) is 0 Å². The molecule has 0 radical (unpaired) electrons. The number of imidazole rings is 1. The van der Waals surface area contributed by atoms with Crippen molar-refractivity contribution in [3.8, 4) is 0 Å². The first-order valence-corrected chi connectivity index (χ1v) is 6.95. The summed E-state index contributed by atoms with van der Waals surface area (Å²) in [5.74, 6) is -0.168. The second kappa shape index (κ2) is 4.49. The van der Waals surface area contributed by atoms with Gasteiger partial charge in [-0.3, -0.25) is 0 Å². The first-order chi connectivity index (χ1) is 9.75. The minimum Gasteiger partial charge on any atom is -0.378 e. The molecule has 1 aliphatic heterocycles. The summed E-state index contributed by atoms with van der Waals surface area (Å²) in [6.07, 6.45) is 2.01. The van der Waals surface area contributed by atoms with Gasteiger partial charge in [-0.1, -0.05) is 0 Å². The molecule has 0 spiro atoms. The van der Waals surface area contributed by atoms with Crippen LogP contribution in [0, 0.1) is 11.6 Å². The molecular weight excluding hydrogens is 264 g/mol. The number of fused-ring (bicyclic) bond motifs is 2. The van der Waals surface area contributed by atoms with Crippen molar-refractivity contribution in [1.29, 1.82) is 0 Å². The fourth-order valence-electron chi connectivity index (χ4n) is 3.14. The Hall–Kier alpha value is -1.53. The van der Waals surface area contributed by atoms with Crippen molar-refractivity contribution in [1.82, 2.24) is 15.3 Å². The van der Waals surface area contributed by atoms with Crippen LogP contribution in [0.3, 0.4) is 0 Å². The quantitative estimate of drug-likeness (QED) is 0.839. The molecule has 106 valence electrons. The van der Waals surface area contributed by atoms with E-state index in [9.17, 15) is 8.78 Å². The molecule has 4 nitrogen and oxygen atoms in total. The van der Waals surface area contributed by atoms with E-state index in [1.165, 1.54) is 0 Å². The third-order valence-electron chi connectivity index (χ3n) is 4.15. The fourth-order valence-corrected chi connectivity index (χ4v) is 3.14. The van der Waals surface area contributed by atoms with Gasteiger partial charge in [0.25, 0.3) is 0 Å². The van der Waals surface area contributed by atoms with Gasteiger partial charge in [0.15, 0.2) is 11.6 Å². The standard InChI is InChI=1S/C14H15F2N3O/c15-10-7-2-1-3-8(7)11(16)13-12(10)18-14(19-13)9-6-20-5-4-17-9/h9,17H,1-6H2,(H,18,19)/t9-/m0/s1. The fraction of sp³-hybridized carbons (Fsp3) is 0.500. The van der Waals surface area contributed by atoms with Crippen LogP contribution in [0.15, 0.2) is 0 Å². The Bertz CT molecular complexity index is 630. The van der Waals surface area contributed by atoms with Crippen LogP contribution in [0.2, 0.25) is 0 Å². The topological polar surface area (TPSA) is 49.9 Å². The van der Waals surface area contributed by atoms with E-state index in [-0.39, 0.29) is 28.7 Å². The van der Waals surface area contributed by atoms with Crippen LogP contribution in [0.25, 0.3) is 11.0 Å². The number of morpholine rings is 1. The van der Waals surface area contributed by atoms with E-state index >= 15 is 0 Å². The molecule has 1 saturated heterocycles. The van der Waals surface area contributed by atoms with E-state index in [2.05, 4.69) is 15.3 Å². The Labute approximate surface area is 114 Å². The van der Waals surface area contributed by atoms with Crippen molar-refractivity contribution in [2.75, 3.05) is 19.8 Å². The molecule has 2 aliphatic rings. The van der Waals surface area contributed by atoms with E-state index in [1.54, 1.807) is 0 Å². The zero-order chi connectivity index (χ0) is 13.7. The third kappa shape index (κ3) is 1.68. The van der Waals surface area contributed by atoms with E-state index in [4.69, 9.17) is 4.74 Å². The molecule has 1 aliphatic carbocycles. The smallest absolute Gasteiger partial charge is 0.154 e. The highest BCUT2D eigenvalue weighted by Gasteiger charge is 2.27. The van der Waals surface area contributed by atoms with Gasteiger partial charge in [-0.05, 0) is 30.4 Å². The SMILES string of the molecule is Fc1c2c(c(F)c3[nH]c([C@@H]4COCCN4)nc13)CCC2. The number of H-pyrrole nitrogens is 1. The summed E-state index contributed by atoms with van der Waals surface area (Å²) >= 11 is 0. The van der Waals surface area contributed by atoms with Crippen molar-refractivity contribution in [3.05, 3.63) is 28.6 Å². The molecule has 20 heavy (non-hydrogen) atoms. The number of halogens is 2. The van der Waals surface area contributed by atoms with Crippen LogP contribution < -0.4 is 5.32 Å². The molecule has 1 fully saturated rings. The highest BCUT2D eigenvalue weighted by Crippen LogP contribution is 2.33. The predicted molar refractivity (Wildman–Crippen MR) is 69.6 cm³/mol. The van der Waals surface area contributed by atoms with E-state index in [0.717, 1.165) is 6.42 Å². The molecule has 0 amide bonds. The molecule has 2 N–H and O–H groups in total. The Morgan fingerprint density at radius 2 is 1.95 bits per heavy atom. The minimum absolute atomic E-state index is 0.116. The van der Waals surface area contributed by atoms with Crippen LogP contribution in [0.5, 0.6) is 0 Å². The lowest BCUT2D eigenvalue weighted by molar-refractivity contribution is 0.0746. The van der Waals surface area contributed by atoms with Crippen LogP contribution in [-0.2, 0) is 17.6 Å². The average Bonchev–Trinajstić information content (AvgIpc) is 3.13. The molecule has 1 atom stereocenters. The third-order valence-corrected chi connectivity index (χ3v) is 4.15. The van der Waals surface area contributed by atoms with E-state index < -0.39 is 0 Å². The van der Waals surface area contributed by atoms with Crippen LogP contribution in [-0.4, -0.2) is 29.7 Å². The van der Waals surface area contributed by atoms with Gasteiger partial charge >= 0.3 is 0 Å². The molecule has 1 aromatic heterocycles. The zero-order valence-corrected chi connectivity index (χ0v) is 10.9. The summed E-state index contributed by atoms with van der Waals surface area (Å²) in [6.45, 7) is 1.82. The van der Waals surface area contributed by atoms with Gasteiger partial charge in [0.1, 0.15) is 16.9 Å². The number of aromatic nitrogens is 2. The number of nitrogens with zero attached hydrogens (tertiary/aromatic N) is 1. The summed E-state index contributed by atoms with van der Waals surface area (Å²) in [6, 6.07) is -0.134. The summed E-state index contributed by atoms with van der Waals surface area (Å²) < 4.78 is 34.2. The molecular formula is C14H15F2N3O. The first-order valence-electron chi connectivity index (χ1n) is 6.95. The first kappa shape index (κ1) is 12.2. The Balaban J connectivity index is 1.87. The second-order valence-electron chi connectivity index (χ2n) is 5.37. The Kier molecular flexibility index (Phi) is 2.75. The largest absolute Gasteiger partial charge is 0.378 e. The number of ether oxygens (including phenoxy) is 1. The normalized spacial score (nSPS) is 22.4. The molecule has 0 saturated carbocycles. The van der Waals surface area contributed by atoms with Crippen molar-refractivity contribution < 1.29 is 13.5 Å². The van der Waals surface area contributed by atoms with Gasteiger partial charge in [0.05, 0.1) is 19.3 Å². The maximum atomic E-state index is 14.4. The summed E-state index contributed by atoms with van der Waals surface area (Å²) in [4.78, 5) is 7.20. The number of nitrogens with one attached hydrogen (secondary N) is 2. The van der Waals surface area contributed by atoms with Crippen LogP contribution in [0.4, 0.5) is 8.78 Å². The Morgan fingerprint density at radius 3 is 2.70 bits per heavy atom. The monoisotopic (exact) mass is 279 g/mol. The lowest BCUT2D eigenvalue weighted by Crippen LogP contribution is -2.35. The number of aromatic amines is 1. The van der Waals surface area contributed by atoms with Gasteiger partial charge in [0.2, 0.25) is 0 Å². The lowest BCUT2D eigenvalue weighted by atomic mass is 10.1. The minimum atomic E-state index is -0.367. The molecule has 0 bridgehead atoms. The van der Waals surface area contributed by atoms with Gasteiger partial charge < -0.3 is 15.0 Å². The molecule has 6 heteroatoms. The van der Waals surface area contributed by atoms with Crippen molar-refractivity contribution in [2.45, 2.75) is 25.3 Å². The summed E-state index contributed by atoms with van der Waals surface area (Å²) in [5.41, 5.74) is 1.31. The van der Waals surface area contributed by atoms with Crippen molar-refractivity contribution in [3.63, 3.8) is 0 Å². The number of rotatable bonds is 1. The van der Waals surface area contributed by atoms with Gasteiger partial charge in [-0.25, -0.2) is 13.8 Å². The van der Waals surface area contributed by atoms with E-state index in [0.29, 0.717) is 49.6 Å². The average molecular weight is 279 g/mol. The molecule has 0 unspecified atom stereocenters. The van der Waals surface area contributed by atoms with Crippen LogP contribution in [0.1, 0.15) is 29.4 Å². The lowest BCUT2D eigenvalue weighted by Gasteiger charge is -2.21. The zero-order valence-electron chi connectivity index (χ0n) is 10.9. The van der Waals surface area contributed by atoms with Gasteiger partial charge in [-0.15, -0.1) is 0 Å². The van der Waals surface area contributed by atoms with Crippen molar-refractivity contribution in [2.24, 2.45) is 0 Å². The highest BCUT2D eigenvalue weighted by atomic mass is 19.1.